The van der Waals surface area contributed by atoms with Crippen LogP contribution in [0.15, 0.2) is 56.7 Å². The molecular formula is C22H22Br2N6S2. The van der Waals surface area contributed by atoms with Gasteiger partial charge in [-0.25, -0.2) is 4.98 Å². The number of aromatic amines is 1. The normalized spacial score (nSPS) is 23.3. The molecule has 3 heterocycles. The molecule has 166 valence electrons. The first-order valence-electron chi connectivity index (χ1n) is 10.4. The van der Waals surface area contributed by atoms with Crippen molar-refractivity contribution in [2.45, 2.75) is 18.3 Å². The fourth-order valence-corrected chi connectivity index (χ4v) is 6.94. The summed E-state index contributed by atoms with van der Waals surface area (Å²) in [6, 6.07) is 12.3. The molecule has 0 bridgehead atoms. The summed E-state index contributed by atoms with van der Waals surface area (Å²) in [5.74, 6) is 1.98. The van der Waals surface area contributed by atoms with Crippen molar-refractivity contribution in [3.63, 3.8) is 0 Å². The minimum absolute atomic E-state index is 0.148. The molecule has 2 fully saturated rings. The van der Waals surface area contributed by atoms with E-state index in [4.69, 9.17) is 17.2 Å². The molecule has 32 heavy (non-hydrogen) atoms. The third-order valence-corrected chi connectivity index (χ3v) is 7.99. The number of H-pyrrole nitrogens is 1. The third-order valence-electron chi connectivity index (χ3n) is 5.72. The van der Waals surface area contributed by atoms with Gasteiger partial charge >= 0.3 is 0 Å². The minimum atomic E-state index is -0.148. The van der Waals surface area contributed by atoms with Crippen molar-refractivity contribution >= 4 is 83.5 Å². The molecule has 0 saturated carbocycles. The number of anilines is 1. The molecule has 0 amide bonds. The van der Waals surface area contributed by atoms with Gasteiger partial charge in [0, 0.05) is 33.5 Å². The predicted octanol–water partition coefficient (Wildman–Crippen LogP) is 5.32. The second-order valence-corrected chi connectivity index (χ2v) is 11.2. The van der Waals surface area contributed by atoms with Crippen molar-refractivity contribution in [3.8, 4) is 0 Å². The monoisotopic (exact) mass is 592 g/mol. The smallest absolute Gasteiger partial charge is 0.179 e. The van der Waals surface area contributed by atoms with Gasteiger partial charge in [-0.1, -0.05) is 38.8 Å². The van der Waals surface area contributed by atoms with Gasteiger partial charge in [-0.05, 0) is 60.7 Å². The molecule has 10 heteroatoms. The molecule has 6 nitrogen and oxygen atoms in total. The van der Waals surface area contributed by atoms with Crippen molar-refractivity contribution in [2.75, 3.05) is 30.3 Å². The van der Waals surface area contributed by atoms with Crippen LogP contribution >= 0.6 is 55.8 Å². The Balaban J connectivity index is 1.58. The lowest BCUT2D eigenvalue weighted by atomic mass is 10.0. The quantitative estimate of drug-likeness (QED) is 0.400. The number of hydrogen-bond acceptors (Lipinski definition) is 5. The van der Waals surface area contributed by atoms with Gasteiger partial charge < -0.3 is 15.2 Å². The molecule has 3 aromatic rings. The standard InChI is InChI=1S/C22H22Br2N6S2/c1-2-29-5-6-32-19(11-29)27-21-20(13-7-14(23)9-15(24)8-13)30(22(31)28-21)16-3-4-17-18(10-16)26-12-25-17/h3-4,7-10,12,19-20H,2,5-6,11H2,1H3,(H,25,26)(H,27,28,31). The van der Waals surface area contributed by atoms with Crippen LogP contribution in [0.1, 0.15) is 18.5 Å². The average molecular weight is 594 g/mol. The first-order chi connectivity index (χ1) is 15.5. The molecule has 2 aliphatic heterocycles. The summed E-state index contributed by atoms with van der Waals surface area (Å²) >= 11 is 15.0. The van der Waals surface area contributed by atoms with Crippen LogP contribution in [0.4, 0.5) is 5.69 Å². The SMILES string of the molecule is CCN1CCSC(N=C2NC(=S)N(c3ccc4[nH]cnc4c3)C2c2cc(Br)cc(Br)c2)C1. The van der Waals surface area contributed by atoms with Crippen molar-refractivity contribution in [3.05, 3.63) is 57.2 Å². The number of hydrogen-bond donors (Lipinski definition) is 2. The van der Waals surface area contributed by atoms with E-state index in [1.165, 1.54) is 0 Å². The number of halogens is 2. The van der Waals surface area contributed by atoms with E-state index in [9.17, 15) is 0 Å². The van der Waals surface area contributed by atoms with Gasteiger partial charge in [0.25, 0.3) is 0 Å². The van der Waals surface area contributed by atoms with Gasteiger partial charge in [-0.15, -0.1) is 11.8 Å². The van der Waals surface area contributed by atoms with E-state index < -0.39 is 0 Å². The zero-order chi connectivity index (χ0) is 22.2. The number of aromatic nitrogens is 2. The maximum absolute atomic E-state index is 5.82. The fourth-order valence-electron chi connectivity index (χ4n) is 4.16. The zero-order valence-electron chi connectivity index (χ0n) is 17.4. The molecule has 2 N–H and O–H groups in total. The van der Waals surface area contributed by atoms with Crippen molar-refractivity contribution in [2.24, 2.45) is 4.99 Å². The van der Waals surface area contributed by atoms with Crippen LogP contribution in [0.2, 0.25) is 0 Å². The molecule has 1 aromatic heterocycles. The van der Waals surface area contributed by atoms with Crippen molar-refractivity contribution < 1.29 is 0 Å². The Bertz CT molecular complexity index is 1180. The molecule has 0 radical (unpaired) electrons. The molecule has 0 spiro atoms. The number of thioether (sulfide) groups is 1. The van der Waals surface area contributed by atoms with E-state index in [0.29, 0.717) is 5.11 Å². The summed E-state index contributed by atoms with van der Waals surface area (Å²) in [7, 11) is 0. The Labute approximate surface area is 213 Å². The number of nitrogens with one attached hydrogen (secondary N) is 2. The Hall–Kier alpha value is -1.46. The topological polar surface area (TPSA) is 59.5 Å². The summed E-state index contributed by atoms with van der Waals surface area (Å²) < 4.78 is 2.01. The third kappa shape index (κ3) is 4.48. The molecule has 2 saturated heterocycles. The van der Waals surface area contributed by atoms with E-state index in [-0.39, 0.29) is 11.4 Å². The summed E-state index contributed by atoms with van der Waals surface area (Å²) in [5.41, 5.74) is 4.00. The largest absolute Gasteiger partial charge is 0.345 e. The number of nitrogens with zero attached hydrogens (tertiary/aromatic N) is 4. The number of imidazole rings is 1. The van der Waals surface area contributed by atoms with Gasteiger partial charge in [0.2, 0.25) is 0 Å². The van der Waals surface area contributed by atoms with E-state index in [1.54, 1.807) is 6.33 Å². The zero-order valence-corrected chi connectivity index (χ0v) is 22.2. The summed E-state index contributed by atoms with van der Waals surface area (Å²) in [4.78, 5) is 17.4. The number of aliphatic imine (C=N–C) groups is 1. The van der Waals surface area contributed by atoms with Crippen molar-refractivity contribution in [1.82, 2.24) is 20.2 Å². The van der Waals surface area contributed by atoms with E-state index >= 15 is 0 Å². The second-order valence-electron chi connectivity index (χ2n) is 7.74. The lowest BCUT2D eigenvalue weighted by Gasteiger charge is -2.30. The molecule has 2 aromatic carbocycles. The Morgan fingerprint density at radius 3 is 2.81 bits per heavy atom. The van der Waals surface area contributed by atoms with E-state index in [1.807, 2.05) is 23.9 Å². The highest BCUT2D eigenvalue weighted by atomic mass is 79.9. The van der Waals surface area contributed by atoms with Crippen LogP contribution in [0, 0.1) is 0 Å². The Kier molecular flexibility index (Phi) is 6.58. The van der Waals surface area contributed by atoms with Gasteiger partial charge in [0.15, 0.2) is 5.11 Å². The Morgan fingerprint density at radius 1 is 1.22 bits per heavy atom. The second kappa shape index (κ2) is 9.42. The van der Waals surface area contributed by atoms with Crippen LogP contribution < -0.4 is 10.2 Å². The summed E-state index contributed by atoms with van der Waals surface area (Å²) in [6.45, 7) is 5.32. The van der Waals surface area contributed by atoms with Gasteiger partial charge in [-0.2, -0.15) is 0 Å². The van der Waals surface area contributed by atoms with Crippen molar-refractivity contribution in [1.29, 1.82) is 0 Å². The van der Waals surface area contributed by atoms with Crippen LogP contribution in [0.3, 0.4) is 0 Å². The van der Waals surface area contributed by atoms with Crippen LogP contribution in [0.25, 0.3) is 11.0 Å². The number of benzene rings is 2. The Morgan fingerprint density at radius 2 is 2.03 bits per heavy atom. The molecule has 2 unspecified atom stereocenters. The molecular weight excluding hydrogens is 572 g/mol. The lowest BCUT2D eigenvalue weighted by molar-refractivity contribution is 0.300. The molecule has 2 aliphatic rings. The van der Waals surface area contributed by atoms with Crippen LogP contribution in [-0.2, 0) is 0 Å². The highest BCUT2D eigenvalue weighted by Crippen LogP contribution is 2.36. The fraction of sp³-hybridized carbons (Fsp3) is 0.318. The number of rotatable bonds is 4. The van der Waals surface area contributed by atoms with E-state index in [2.05, 4.69) is 88.1 Å². The number of fused-ring (bicyclic) bond motifs is 1. The maximum atomic E-state index is 5.82. The summed E-state index contributed by atoms with van der Waals surface area (Å²) in [6.07, 6.45) is 1.71. The van der Waals surface area contributed by atoms with Crippen LogP contribution in [-0.4, -0.2) is 56.6 Å². The van der Waals surface area contributed by atoms with Crippen LogP contribution in [0.5, 0.6) is 0 Å². The van der Waals surface area contributed by atoms with Gasteiger partial charge in [-0.3, -0.25) is 9.89 Å². The first-order valence-corrected chi connectivity index (χ1v) is 13.5. The van der Waals surface area contributed by atoms with Gasteiger partial charge in [0.1, 0.15) is 17.3 Å². The molecule has 5 rings (SSSR count). The van der Waals surface area contributed by atoms with E-state index in [0.717, 1.165) is 62.5 Å². The molecule has 0 aliphatic carbocycles. The average Bonchev–Trinajstić information content (AvgIpc) is 3.36. The lowest BCUT2D eigenvalue weighted by Crippen LogP contribution is -2.38. The van der Waals surface area contributed by atoms with Gasteiger partial charge in [0.05, 0.1) is 17.4 Å². The summed E-state index contributed by atoms with van der Waals surface area (Å²) in [5, 5.41) is 4.26. The number of amidine groups is 1. The highest BCUT2D eigenvalue weighted by Gasteiger charge is 2.37. The maximum Gasteiger partial charge on any atom is 0.179 e. The number of likely N-dealkylation sites (N-methyl/N-ethyl adjacent to an activating group) is 1. The highest BCUT2D eigenvalue weighted by molar-refractivity contribution is 9.11. The number of thiocarbonyl (C=S) groups is 1. The minimum Gasteiger partial charge on any atom is -0.345 e. The molecule has 2 atom stereocenters. The predicted molar refractivity (Wildman–Crippen MR) is 145 cm³/mol. The first kappa shape index (κ1) is 22.3.